The van der Waals surface area contributed by atoms with Crippen LogP contribution in [0.15, 0.2) is 36.7 Å². The van der Waals surface area contributed by atoms with Crippen LogP contribution in [0.2, 0.25) is 0 Å². The van der Waals surface area contributed by atoms with Gasteiger partial charge in [0.2, 0.25) is 0 Å². The zero-order valence-corrected chi connectivity index (χ0v) is 15.5. The normalized spacial score (nSPS) is 29.1. The lowest BCUT2D eigenvalue weighted by Gasteiger charge is -2.29. The fraction of sp³-hybridized carbons (Fsp3) is 0.333. The summed E-state index contributed by atoms with van der Waals surface area (Å²) >= 11 is 3.46. The molecule has 1 aromatic carbocycles. The molecule has 7 nitrogen and oxygen atoms in total. The first-order valence-electron chi connectivity index (χ1n) is 8.30. The van der Waals surface area contributed by atoms with Gasteiger partial charge < -0.3 is 15.2 Å². The van der Waals surface area contributed by atoms with E-state index < -0.39 is 34.2 Å². The number of amides is 1. The van der Waals surface area contributed by atoms with E-state index in [2.05, 4.69) is 31.2 Å². The molecule has 0 unspecified atom stereocenters. The minimum absolute atomic E-state index is 0.236. The number of carboxylic acid groups (broad SMARTS) is 1. The van der Waals surface area contributed by atoms with Gasteiger partial charge in [-0.3, -0.25) is 4.79 Å². The van der Waals surface area contributed by atoms with Crippen LogP contribution in [0.25, 0.3) is 11.4 Å². The Labute approximate surface area is 162 Å². The van der Waals surface area contributed by atoms with Crippen molar-refractivity contribution in [3.05, 3.63) is 48.0 Å². The van der Waals surface area contributed by atoms with E-state index in [1.54, 1.807) is 18.2 Å². The number of carbonyl (C=O) groups excluding carboxylic acids is 1. The molecule has 0 bridgehead atoms. The van der Waals surface area contributed by atoms with E-state index >= 15 is 0 Å². The van der Waals surface area contributed by atoms with Crippen LogP contribution in [0.5, 0.6) is 0 Å². The standard InChI is InChI=1S/C18H15BrFN3O4/c19-14-13-12(23-17(26)27-13)6-18(14,16(24)25)5-9-2-1-3-10(4-9)15-21-7-11(20)8-22-15/h1-4,7-8,12-14H,5-6H2,(H,23,26)(H,24,25)/t12-,13-,14+,18-/m1/s1. The van der Waals surface area contributed by atoms with Crippen molar-refractivity contribution in [2.24, 2.45) is 5.41 Å². The smallest absolute Gasteiger partial charge is 0.407 e. The lowest BCUT2D eigenvalue weighted by molar-refractivity contribution is -0.148. The van der Waals surface area contributed by atoms with Crippen molar-refractivity contribution in [1.29, 1.82) is 0 Å². The number of nitrogens with one attached hydrogen (secondary N) is 1. The van der Waals surface area contributed by atoms with Gasteiger partial charge in [-0.25, -0.2) is 19.2 Å². The van der Waals surface area contributed by atoms with Crippen LogP contribution in [0, 0.1) is 11.2 Å². The number of aromatic nitrogens is 2. The molecule has 9 heteroatoms. The van der Waals surface area contributed by atoms with E-state index in [4.69, 9.17) is 4.74 Å². The van der Waals surface area contributed by atoms with Gasteiger partial charge in [-0.2, -0.15) is 0 Å². The third kappa shape index (κ3) is 3.05. The molecule has 2 fully saturated rings. The first kappa shape index (κ1) is 17.8. The number of rotatable bonds is 4. The van der Waals surface area contributed by atoms with Crippen LogP contribution in [-0.4, -0.2) is 44.1 Å². The summed E-state index contributed by atoms with van der Waals surface area (Å²) in [4.78, 5) is 31.0. The highest BCUT2D eigenvalue weighted by Crippen LogP contribution is 2.48. The maximum absolute atomic E-state index is 13.0. The summed E-state index contributed by atoms with van der Waals surface area (Å²) in [6.07, 6.45) is 1.60. The summed E-state index contributed by atoms with van der Waals surface area (Å²) in [5.41, 5.74) is 0.311. The van der Waals surface area contributed by atoms with Crippen molar-refractivity contribution in [1.82, 2.24) is 15.3 Å². The number of benzene rings is 1. The molecule has 2 aliphatic rings. The number of hydrogen-bond donors (Lipinski definition) is 2. The first-order chi connectivity index (χ1) is 12.9. The highest BCUT2D eigenvalue weighted by Gasteiger charge is 2.61. The van der Waals surface area contributed by atoms with Gasteiger partial charge in [-0.05, 0) is 24.5 Å². The Morgan fingerprint density at radius 2 is 2.15 bits per heavy atom. The number of fused-ring (bicyclic) bond motifs is 1. The monoisotopic (exact) mass is 435 g/mol. The number of ether oxygens (including phenoxy) is 1. The SMILES string of the molecule is O=C1N[C@@H]2C[C@@](Cc3cccc(-c4ncc(F)cn4)c3)(C(=O)O)[C@@H](Br)[C@@H]2O1. The van der Waals surface area contributed by atoms with Crippen molar-refractivity contribution < 1.29 is 23.8 Å². The first-order valence-corrected chi connectivity index (χ1v) is 9.22. The fourth-order valence-electron chi connectivity index (χ4n) is 3.82. The van der Waals surface area contributed by atoms with Crippen molar-refractivity contribution >= 4 is 28.0 Å². The fourth-order valence-corrected chi connectivity index (χ4v) is 4.84. The average Bonchev–Trinajstić information content (AvgIpc) is 3.12. The van der Waals surface area contributed by atoms with E-state index in [1.807, 2.05) is 6.07 Å². The molecule has 1 saturated heterocycles. The second-order valence-corrected chi connectivity index (χ2v) is 7.78. The number of alkyl halides is 1. The molecule has 2 aromatic rings. The molecule has 2 heterocycles. The Morgan fingerprint density at radius 1 is 1.41 bits per heavy atom. The molecule has 1 aliphatic heterocycles. The van der Waals surface area contributed by atoms with Crippen LogP contribution < -0.4 is 5.32 Å². The predicted octanol–water partition coefficient (Wildman–Crippen LogP) is 2.54. The molecule has 1 amide bonds. The van der Waals surface area contributed by atoms with Crippen LogP contribution >= 0.6 is 15.9 Å². The Balaban J connectivity index is 1.64. The minimum Gasteiger partial charge on any atom is -0.481 e. The number of carboxylic acids is 1. The molecule has 0 spiro atoms. The third-order valence-electron chi connectivity index (χ3n) is 5.09. The minimum atomic E-state index is -1.13. The topological polar surface area (TPSA) is 101 Å². The van der Waals surface area contributed by atoms with Gasteiger partial charge in [0.15, 0.2) is 11.6 Å². The summed E-state index contributed by atoms with van der Waals surface area (Å²) in [5.74, 6) is -1.13. The molecule has 1 aliphatic carbocycles. The Morgan fingerprint density at radius 3 is 2.81 bits per heavy atom. The van der Waals surface area contributed by atoms with Crippen molar-refractivity contribution in [3.63, 3.8) is 0 Å². The predicted molar refractivity (Wildman–Crippen MR) is 95.7 cm³/mol. The van der Waals surface area contributed by atoms with Gasteiger partial charge in [0.1, 0.15) is 6.10 Å². The number of nitrogens with zero attached hydrogens (tertiary/aromatic N) is 2. The molecule has 140 valence electrons. The molecule has 0 radical (unpaired) electrons. The number of aliphatic carboxylic acids is 1. The number of carbonyl (C=O) groups is 2. The molecule has 1 saturated carbocycles. The van der Waals surface area contributed by atoms with E-state index in [0.717, 1.165) is 18.0 Å². The Kier molecular flexibility index (Phi) is 4.33. The number of halogens is 2. The van der Waals surface area contributed by atoms with Crippen LogP contribution in [0.4, 0.5) is 9.18 Å². The van der Waals surface area contributed by atoms with Crippen LogP contribution in [0.1, 0.15) is 12.0 Å². The molecule has 4 atom stereocenters. The third-order valence-corrected chi connectivity index (χ3v) is 6.49. The molecule has 4 rings (SSSR count). The second kappa shape index (κ2) is 6.56. The maximum Gasteiger partial charge on any atom is 0.407 e. The summed E-state index contributed by atoms with van der Waals surface area (Å²) in [6.45, 7) is 0. The van der Waals surface area contributed by atoms with Crippen molar-refractivity contribution in [2.45, 2.75) is 29.8 Å². The largest absolute Gasteiger partial charge is 0.481 e. The Hall–Kier alpha value is -2.55. The average molecular weight is 436 g/mol. The maximum atomic E-state index is 13.0. The van der Waals surface area contributed by atoms with Crippen molar-refractivity contribution in [2.75, 3.05) is 0 Å². The van der Waals surface area contributed by atoms with Gasteiger partial charge in [0, 0.05) is 5.56 Å². The van der Waals surface area contributed by atoms with E-state index in [-0.39, 0.29) is 18.9 Å². The van der Waals surface area contributed by atoms with E-state index in [0.29, 0.717) is 11.4 Å². The molecular weight excluding hydrogens is 421 g/mol. The second-order valence-electron chi connectivity index (χ2n) is 6.79. The summed E-state index contributed by atoms with van der Waals surface area (Å²) < 4.78 is 18.3. The van der Waals surface area contributed by atoms with Gasteiger partial charge in [0.25, 0.3) is 0 Å². The van der Waals surface area contributed by atoms with Gasteiger partial charge in [-0.15, -0.1) is 0 Å². The molecular formula is C18H15BrFN3O4. The quantitative estimate of drug-likeness (QED) is 0.715. The van der Waals surface area contributed by atoms with Crippen LogP contribution in [-0.2, 0) is 16.0 Å². The van der Waals surface area contributed by atoms with E-state index in [1.165, 1.54) is 0 Å². The molecule has 1 aromatic heterocycles. The molecule has 27 heavy (non-hydrogen) atoms. The van der Waals surface area contributed by atoms with Crippen LogP contribution in [0.3, 0.4) is 0 Å². The summed E-state index contributed by atoms with van der Waals surface area (Å²) in [5, 5.41) is 12.6. The van der Waals surface area contributed by atoms with Gasteiger partial charge in [-0.1, -0.05) is 34.1 Å². The number of alkyl carbamates (subject to hydrolysis) is 1. The lowest BCUT2D eigenvalue weighted by Crippen LogP contribution is -2.41. The van der Waals surface area contributed by atoms with Gasteiger partial charge >= 0.3 is 12.1 Å². The lowest BCUT2D eigenvalue weighted by atomic mass is 9.79. The number of hydrogen-bond acceptors (Lipinski definition) is 5. The zero-order chi connectivity index (χ0) is 19.2. The summed E-state index contributed by atoms with van der Waals surface area (Å²) in [7, 11) is 0. The summed E-state index contributed by atoms with van der Waals surface area (Å²) in [6, 6.07) is 6.84. The van der Waals surface area contributed by atoms with E-state index in [9.17, 15) is 19.1 Å². The molecule has 2 N–H and O–H groups in total. The van der Waals surface area contributed by atoms with Gasteiger partial charge in [0.05, 0.1) is 28.7 Å². The highest BCUT2D eigenvalue weighted by molar-refractivity contribution is 9.09. The van der Waals surface area contributed by atoms with Crippen molar-refractivity contribution in [3.8, 4) is 11.4 Å². The zero-order valence-electron chi connectivity index (χ0n) is 13.9. The Bertz CT molecular complexity index is 910. The highest BCUT2D eigenvalue weighted by atomic mass is 79.9.